The van der Waals surface area contributed by atoms with Gasteiger partial charge in [-0.05, 0) is 92.1 Å². The van der Waals surface area contributed by atoms with Crippen molar-refractivity contribution in [1.29, 1.82) is 0 Å². The Morgan fingerprint density at radius 3 is 2.81 bits per heavy atom. The van der Waals surface area contributed by atoms with Crippen LogP contribution in [0.15, 0.2) is 47.7 Å². The van der Waals surface area contributed by atoms with Gasteiger partial charge in [0.25, 0.3) is 0 Å². The lowest BCUT2D eigenvalue weighted by atomic mass is 9.76. The number of aryl methyl sites for hydroxylation is 1. The number of carbonyl (C=O) groups is 1. The van der Waals surface area contributed by atoms with Gasteiger partial charge < -0.3 is 15.8 Å². The minimum absolute atomic E-state index is 0.523. The average molecular weight is 351 g/mol. The van der Waals surface area contributed by atoms with Gasteiger partial charge in [-0.2, -0.15) is 0 Å². The molecule has 0 bridgehead atoms. The Kier molecular flexibility index (Phi) is 6.45. The van der Waals surface area contributed by atoms with Crippen LogP contribution in [0.5, 0.6) is 0 Å². The highest BCUT2D eigenvalue weighted by molar-refractivity contribution is 5.66. The number of allylic oxidation sites excluding steroid dienone is 4. The lowest BCUT2D eigenvalue weighted by Crippen LogP contribution is -2.31. The molecule has 2 aliphatic rings. The van der Waals surface area contributed by atoms with E-state index in [0.717, 1.165) is 32.2 Å². The topological polar surface area (TPSA) is 55.1 Å². The first-order chi connectivity index (χ1) is 12.7. The average Bonchev–Trinajstić information content (AvgIpc) is 2.81. The molecule has 0 amide bonds. The molecule has 0 radical (unpaired) electrons. The van der Waals surface area contributed by atoms with Gasteiger partial charge >= 0.3 is 0 Å². The number of nitrogens with one attached hydrogen (secondary N) is 1. The minimum Gasteiger partial charge on any atom is -0.405 e. The highest BCUT2D eigenvalue weighted by Crippen LogP contribution is 2.43. The van der Waals surface area contributed by atoms with Gasteiger partial charge in [-0.1, -0.05) is 35.9 Å². The van der Waals surface area contributed by atoms with Gasteiger partial charge in [-0.25, -0.2) is 0 Å². The molecule has 1 unspecified atom stereocenters. The van der Waals surface area contributed by atoms with Gasteiger partial charge in [-0.15, -0.1) is 0 Å². The van der Waals surface area contributed by atoms with Gasteiger partial charge in [0.15, 0.2) is 0 Å². The van der Waals surface area contributed by atoms with Crippen molar-refractivity contribution in [3.8, 4) is 0 Å². The first-order valence-corrected chi connectivity index (χ1v) is 9.76. The van der Waals surface area contributed by atoms with Gasteiger partial charge in [0.05, 0.1) is 0 Å². The van der Waals surface area contributed by atoms with Crippen molar-refractivity contribution < 1.29 is 4.79 Å². The van der Waals surface area contributed by atoms with Gasteiger partial charge in [0, 0.05) is 6.42 Å². The monoisotopic (exact) mass is 350 g/mol. The maximum absolute atomic E-state index is 11.0. The Hall–Kier alpha value is -2.13. The van der Waals surface area contributed by atoms with Crippen LogP contribution in [0, 0.1) is 12.8 Å². The molecule has 1 aromatic carbocycles. The van der Waals surface area contributed by atoms with E-state index in [2.05, 4.69) is 42.6 Å². The summed E-state index contributed by atoms with van der Waals surface area (Å²) in [6.45, 7) is 4.36. The molecular formula is C23H30N2O. The highest BCUT2D eigenvalue weighted by Gasteiger charge is 2.29. The number of aldehydes is 1. The van der Waals surface area contributed by atoms with Gasteiger partial charge in [0.2, 0.25) is 0 Å². The number of benzene rings is 1. The SMILES string of the molecule is Cc1ccc2c(c1)C=C(CCC=O)/C(=C/C=C\N)CC2C1CCNCC1. The van der Waals surface area contributed by atoms with Crippen molar-refractivity contribution in [3.05, 3.63) is 64.4 Å². The second kappa shape index (κ2) is 9.00. The first kappa shape index (κ1) is 18.7. The van der Waals surface area contributed by atoms with Crippen molar-refractivity contribution >= 4 is 12.4 Å². The molecular weight excluding hydrogens is 320 g/mol. The lowest BCUT2D eigenvalue weighted by Gasteiger charge is -2.32. The number of carbonyl (C=O) groups excluding carboxylic acids is 1. The van der Waals surface area contributed by atoms with Crippen molar-refractivity contribution in [1.82, 2.24) is 5.32 Å². The number of hydrogen-bond donors (Lipinski definition) is 2. The van der Waals surface area contributed by atoms with Crippen LogP contribution in [-0.2, 0) is 4.79 Å². The minimum atomic E-state index is 0.523. The normalized spacial score (nSPS) is 22.9. The zero-order chi connectivity index (χ0) is 18.4. The summed E-state index contributed by atoms with van der Waals surface area (Å²) in [6, 6.07) is 6.86. The Morgan fingerprint density at radius 2 is 2.08 bits per heavy atom. The van der Waals surface area contributed by atoms with Gasteiger partial charge in [-0.3, -0.25) is 0 Å². The summed E-state index contributed by atoms with van der Waals surface area (Å²) < 4.78 is 0. The molecule has 0 saturated carbocycles. The molecule has 1 atom stereocenters. The van der Waals surface area contributed by atoms with Crippen LogP contribution in [0.3, 0.4) is 0 Å². The van der Waals surface area contributed by atoms with Crippen LogP contribution in [0.2, 0.25) is 0 Å². The number of hydrogen-bond acceptors (Lipinski definition) is 3. The van der Waals surface area contributed by atoms with E-state index in [4.69, 9.17) is 5.73 Å². The van der Waals surface area contributed by atoms with Crippen LogP contribution in [0.4, 0.5) is 0 Å². The summed E-state index contributed by atoms with van der Waals surface area (Å²) in [4.78, 5) is 11.0. The van der Waals surface area contributed by atoms with Crippen molar-refractivity contribution in [2.75, 3.05) is 13.1 Å². The third-order valence-electron chi connectivity index (χ3n) is 5.72. The summed E-state index contributed by atoms with van der Waals surface area (Å²) in [5.41, 5.74) is 12.3. The largest absolute Gasteiger partial charge is 0.405 e. The summed E-state index contributed by atoms with van der Waals surface area (Å²) >= 11 is 0. The van der Waals surface area contributed by atoms with E-state index >= 15 is 0 Å². The Balaban J connectivity index is 2.05. The molecule has 26 heavy (non-hydrogen) atoms. The predicted molar refractivity (Wildman–Crippen MR) is 109 cm³/mol. The molecule has 3 heteroatoms. The molecule has 1 heterocycles. The van der Waals surface area contributed by atoms with Crippen molar-refractivity contribution in [2.24, 2.45) is 11.7 Å². The summed E-state index contributed by atoms with van der Waals surface area (Å²) in [6.07, 6.45) is 13.8. The van der Waals surface area contributed by atoms with E-state index in [1.807, 2.05) is 6.08 Å². The number of rotatable bonds is 5. The van der Waals surface area contributed by atoms with E-state index < -0.39 is 0 Å². The fourth-order valence-electron chi connectivity index (χ4n) is 4.38. The summed E-state index contributed by atoms with van der Waals surface area (Å²) in [7, 11) is 0. The highest BCUT2D eigenvalue weighted by atomic mass is 16.1. The fourth-order valence-corrected chi connectivity index (χ4v) is 4.38. The van der Waals surface area contributed by atoms with E-state index in [1.54, 1.807) is 6.20 Å². The molecule has 1 aromatic rings. The van der Waals surface area contributed by atoms with Crippen LogP contribution in [-0.4, -0.2) is 19.4 Å². The Morgan fingerprint density at radius 1 is 1.27 bits per heavy atom. The van der Waals surface area contributed by atoms with Gasteiger partial charge in [0.1, 0.15) is 6.29 Å². The molecule has 138 valence electrons. The lowest BCUT2D eigenvalue weighted by molar-refractivity contribution is -0.107. The van der Waals surface area contributed by atoms with E-state index in [0.29, 0.717) is 18.3 Å². The summed E-state index contributed by atoms with van der Waals surface area (Å²) in [5, 5.41) is 3.49. The number of piperidine rings is 1. The second-order valence-electron chi connectivity index (χ2n) is 7.48. The van der Waals surface area contributed by atoms with Crippen LogP contribution >= 0.6 is 0 Å². The zero-order valence-electron chi connectivity index (χ0n) is 15.7. The van der Waals surface area contributed by atoms with Crippen LogP contribution in [0.25, 0.3) is 6.08 Å². The quantitative estimate of drug-likeness (QED) is 0.781. The molecule has 3 N–H and O–H groups in total. The summed E-state index contributed by atoms with van der Waals surface area (Å²) in [5.74, 6) is 1.22. The Bertz CT molecular complexity index is 724. The molecule has 0 spiro atoms. The number of fused-ring (bicyclic) bond motifs is 1. The molecule has 0 aromatic heterocycles. The molecule has 3 nitrogen and oxygen atoms in total. The molecule has 1 aliphatic carbocycles. The predicted octanol–water partition coefficient (Wildman–Crippen LogP) is 4.24. The van der Waals surface area contributed by atoms with Crippen LogP contribution in [0.1, 0.15) is 54.7 Å². The number of nitrogens with two attached hydrogens (primary N) is 1. The second-order valence-corrected chi connectivity index (χ2v) is 7.48. The fraction of sp³-hybridized carbons (Fsp3) is 0.435. The molecule has 1 aliphatic heterocycles. The maximum atomic E-state index is 11.0. The van der Waals surface area contributed by atoms with Crippen molar-refractivity contribution in [3.63, 3.8) is 0 Å². The van der Waals surface area contributed by atoms with Crippen LogP contribution < -0.4 is 11.1 Å². The zero-order valence-corrected chi connectivity index (χ0v) is 15.7. The van der Waals surface area contributed by atoms with Crippen molar-refractivity contribution in [2.45, 2.75) is 44.9 Å². The molecule has 1 saturated heterocycles. The van der Waals surface area contributed by atoms with E-state index in [1.165, 1.54) is 40.7 Å². The third-order valence-corrected chi connectivity index (χ3v) is 5.72. The smallest absolute Gasteiger partial charge is 0.120 e. The maximum Gasteiger partial charge on any atom is 0.120 e. The third kappa shape index (κ3) is 4.34. The Labute approximate surface area is 157 Å². The first-order valence-electron chi connectivity index (χ1n) is 9.76. The molecule has 1 fully saturated rings. The van der Waals surface area contributed by atoms with E-state index in [-0.39, 0.29) is 0 Å². The standard InChI is InChI=1S/C23H30N2O/c1-17-6-7-22-21(14-17)15-19(5-3-13-26)20(4-2-10-24)16-23(22)18-8-11-25-12-9-18/h2,4,6-7,10,13-15,18,23,25H,3,5,8-9,11-12,16,24H2,1H3/b10-2-,20-4+. The molecule has 3 rings (SSSR count). The van der Waals surface area contributed by atoms with E-state index in [9.17, 15) is 4.79 Å².